The van der Waals surface area contributed by atoms with Crippen molar-refractivity contribution < 1.29 is 9.84 Å². The minimum absolute atomic E-state index is 0.142. The summed E-state index contributed by atoms with van der Waals surface area (Å²) in [6, 6.07) is 3.01. The molecule has 1 rings (SSSR count). The number of ether oxygens (including phenoxy) is 1. The molecule has 0 radical (unpaired) electrons. The van der Waals surface area contributed by atoms with Crippen molar-refractivity contribution in [2.24, 2.45) is 5.73 Å². The molecule has 1 aromatic heterocycles. The first kappa shape index (κ1) is 8.96. The molecule has 4 heteroatoms. The Morgan fingerprint density at radius 3 is 2.92 bits per heavy atom. The van der Waals surface area contributed by atoms with Gasteiger partial charge in [0.1, 0.15) is 5.75 Å². The minimum Gasteiger partial charge on any atom is -0.506 e. The van der Waals surface area contributed by atoms with Gasteiger partial charge in [0.05, 0.1) is 24.5 Å². The topological polar surface area (TPSA) is 68.4 Å². The molecule has 1 aromatic rings. The zero-order chi connectivity index (χ0) is 8.97. The zero-order valence-corrected chi connectivity index (χ0v) is 6.90. The smallest absolute Gasteiger partial charge is 0.133 e. The van der Waals surface area contributed by atoms with Gasteiger partial charge in [-0.2, -0.15) is 0 Å². The van der Waals surface area contributed by atoms with Gasteiger partial charge in [-0.25, -0.2) is 0 Å². The number of hydrogen-bond acceptors (Lipinski definition) is 4. The lowest BCUT2D eigenvalue weighted by atomic mass is 10.2. The van der Waals surface area contributed by atoms with E-state index in [4.69, 9.17) is 15.6 Å². The summed E-state index contributed by atoms with van der Waals surface area (Å²) in [7, 11) is 1.58. The van der Waals surface area contributed by atoms with E-state index in [0.717, 1.165) is 5.69 Å². The number of nitrogens with two attached hydrogens (primary N) is 1. The molecule has 0 saturated heterocycles. The number of methoxy groups -OCH3 is 1. The van der Waals surface area contributed by atoms with Crippen molar-refractivity contribution in [3.63, 3.8) is 0 Å². The van der Waals surface area contributed by atoms with Crippen LogP contribution in [0.2, 0.25) is 0 Å². The molecular weight excluding hydrogens is 156 g/mol. The fourth-order valence-electron chi connectivity index (χ4n) is 0.882. The third-order valence-corrected chi connectivity index (χ3v) is 1.50. The number of nitrogens with zero attached hydrogens (tertiary/aromatic N) is 1. The molecule has 1 heterocycles. The van der Waals surface area contributed by atoms with Crippen molar-refractivity contribution in [1.82, 2.24) is 4.98 Å². The van der Waals surface area contributed by atoms with Crippen molar-refractivity contribution in [3.05, 3.63) is 24.0 Å². The number of hydrogen-bond donors (Lipinski definition) is 2. The second-order valence-corrected chi connectivity index (χ2v) is 2.50. The highest BCUT2D eigenvalue weighted by atomic mass is 16.5. The van der Waals surface area contributed by atoms with E-state index in [1.807, 2.05) is 0 Å². The summed E-state index contributed by atoms with van der Waals surface area (Å²) < 4.78 is 4.86. The summed E-state index contributed by atoms with van der Waals surface area (Å²) in [6.45, 7) is 0.428. The van der Waals surface area contributed by atoms with E-state index < -0.39 is 0 Å². The van der Waals surface area contributed by atoms with Crippen LogP contribution in [0.15, 0.2) is 18.3 Å². The Kier molecular flexibility index (Phi) is 3.01. The molecule has 3 N–H and O–H groups in total. The third kappa shape index (κ3) is 2.18. The van der Waals surface area contributed by atoms with Crippen LogP contribution in [-0.4, -0.2) is 23.8 Å². The highest BCUT2D eigenvalue weighted by molar-refractivity contribution is 5.19. The van der Waals surface area contributed by atoms with Crippen molar-refractivity contribution in [1.29, 1.82) is 0 Å². The highest BCUT2D eigenvalue weighted by Gasteiger charge is 2.05. The summed E-state index contributed by atoms with van der Waals surface area (Å²) in [5.74, 6) is 0.142. The van der Waals surface area contributed by atoms with Crippen molar-refractivity contribution in [3.8, 4) is 5.75 Å². The van der Waals surface area contributed by atoms with Crippen LogP contribution >= 0.6 is 0 Å². The fourth-order valence-corrected chi connectivity index (χ4v) is 0.882. The van der Waals surface area contributed by atoms with E-state index in [1.54, 1.807) is 19.2 Å². The van der Waals surface area contributed by atoms with E-state index in [2.05, 4.69) is 4.98 Å². The van der Waals surface area contributed by atoms with Gasteiger partial charge in [0.25, 0.3) is 0 Å². The monoisotopic (exact) mass is 168 g/mol. The SMILES string of the molecule is COC[C@@H](N)c1ccc(O)cn1. The van der Waals surface area contributed by atoms with E-state index >= 15 is 0 Å². The predicted molar refractivity (Wildman–Crippen MR) is 44.7 cm³/mol. The number of aromatic hydroxyl groups is 1. The van der Waals surface area contributed by atoms with Crippen molar-refractivity contribution in [2.45, 2.75) is 6.04 Å². The van der Waals surface area contributed by atoms with Crippen LogP contribution in [-0.2, 0) is 4.74 Å². The molecule has 0 spiro atoms. The van der Waals surface area contributed by atoms with Gasteiger partial charge < -0.3 is 15.6 Å². The molecule has 66 valence electrons. The fraction of sp³-hybridized carbons (Fsp3) is 0.375. The van der Waals surface area contributed by atoms with Gasteiger partial charge in [-0.15, -0.1) is 0 Å². The maximum absolute atomic E-state index is 8.93. The molecular formula is C8H12N2O2. The van der Waals surface area contributed by atoms with Crippen LogP contribution in [0.4, 0.5) is 0 Å². The molecule has 0 aliphatic rings. The van der Waals surface area contributed by atoms with E-state index in [-0.39, 0.29) is 11.8 Å². The van der Waals surface area contributed by atoms with Crippen LogP contribution < -0.4 is 5.73 Å². The van der Waals surface area contributed by atoms with Crippen LogP contribution in [0.1, 0.15) is 11.7 Å². The largest absolute Gasteiger partial charge is 0.506 e. The summed E-state index contributed by atoms with van der Waals surface area (Å²) in [4.78, 5) is 3.94. The van der Waals surface area contributed by atoms with Crippen LogP contribution in [0.25, 0.3) is 0 Å². The maximum atomic E-state index is 8.93. The first-order chi connectivity index (χ1) is 5.74. The lowest BCUT2D eigenvalue weighted by Crippen LogP contribution is -2.17. The first-order valence-electron chi connectivity index (χ1n) is 3.63. The molecule has 4 nitrogen and oxygen atoms in total. The summed E-state index contributed by atoms with van der Waals surface area (Å²) in [5.41, 5.74) is 6.40. The van der Waals surface area contributed by atoms with Gasteiger partial charge in [0.15, 0.2) is 0 Å². The average molecular weight is 168 g/mol. The summed E-state index contributed by atoms with van der Waals surface area (Å²) in [5, 5.41) is 8.93. The zero-order valence-electron chi connectivity index (χ0n) is 6.90. The molecule has 0 aromatic carbocycles. The Labute approximate surface area is 71.0 Å². The average Bonchev–Trinajstić information content (AvgIpc) is 2.06. The normalized spacial score (nSPS) is 12.8. The number of pyridine rings is 1. The van der Waals surface area contributed by atoms with E-state index in [9.17, 15) is 0 Å². The Bertz CT molecular complexity index is 235. The van der Waals surface area contributed by atoms with Gasteiger partial charge in [-0.1, -0.05) is 0 Å². The van der Waals surface area contributed by atoms with Crippen LogP contribution in [0.3, 0.4) is 0 Å². The molecule has 1 atom stereocenters. The Morgan fingerprint density at radius 2 is 2.42 bits per heavy atom. The Morgan fingerprint density at radius 1 is 1.67 bits per heavy atom. The molecule has 0 fully saturated rings. The second-order valence-electron chi connectivity index (χ2n) is 2.50. The molecule has 0 aliphatic heterocycles. The van der Waals surface area contributed by atoms with Crippen molar-refractivity contribution >= 4 is 0 Å². The van der Waals surface area contributed by atoms with E-state index in [1.165, 1.54) is 6.20 Å². The van der Waals surface area contributed by atoms with Crippen LogP contribution in [0.5, 0.6) is 5.75 Å². The molecule has 0 amide bonds. The van der Waals surface area contributed by atoms with Gasteiger partial charge in [0.2, 0.25) is 0 Å². The quantitative estimate of drug-likeness (QED) is 0.686. The minimum atomic E-state index is -0.226. The Balaban J connectivity index is 2.68. The van der Waals surface area contributed by atoms with Crippen LogP contribution in [0, 0.1) is 0 Å². The standard InChI is InChI=1S/C8H12N2O2/c1-12-5-7(9)8-3-2-6(11)4-10-8/h2-4,7,11H,5,9H2,1H3/t7-/m1/s1. The van der Waals surface area contributed by atoms with Crippen molar-refractivity contribution in [2.75, 3.05) is 13.7 Å². The first-order valence-corrected chi connectivity index (χ1v) is 3.63. The third-order valence-electron chi connectivity index (χ3n) is 1.50. The lowest BCUT2D eigenvalue weighted by molar-refractivity contribution is 0.179. The predicted octanol–water partition coefficient (Wildman–Crippen LogP) is 0.433. The van der Waals surface area contributed by atoms with E-state index in [0.29, 0.717) is 6.61 Å². The molecule has 0 aliphatic carbocycles. The number of aromatic nitrogens is 1. The lowest BCUT2D eigenvalue weighted by Gasteiger charge is -2.08. The molecule has 12 heavy (non-hydrogen) atoms. The summed E-state index contributed by atoms with van der Waals surface area (Å²) in [6.07, 6.45) is 1.37. The van der Waals surface area contributed by atoms with Gasteiger partial charge in [-0.05, 0) is 12.1 Å². The highest BCUT2D eigenvalue weighted by Crippen LogP contribution is 2.11. The molecule has 0 unspecified atom stereocenters. The second kappa shape index (κ2) is 4.04. The Hall–Kier alpha value is -1.13. The maximum Gasteiger partial charge on any atom is 0.133 e. The van der Waals surface area contributed by atoms with Gasteiger partial charge in [-0.3, -0.25) is 4.98 Å². The van der Waals surface area contributed by atoms with Gasteiger partial charge in [0, 0.05) is 7.11 Å². The molecule has 0 bridgehead atoms. The number of rotatable bonds is 3. The molecule has 0 saturated carbocycles. The van der Waals surface area contributed by atoms with Gasteiger partial charge >= 0.3 is 0 Å². The summed E-state index contributed by atoms with van der Waals surface area (Å²) >= 11 is 0.